The van der Waals surface area contributed by atoms with Crippen LogP contribution in [0.25, 0.3) is 0 Å². The van der Waals surface area contributed by atoms with E-state index in [4.69, 9.17) is 4.74 Å². The van der Waals surface area contributed by atoms with Gasteiger partial charge in [0.05, 0.1) is 6.61 Å². The Morgan fingerprint density at radius 1 is 1.22 bits per heavy atom. The third-order valence-corrected chi connectivity index (χ3v) is 3.97. The Morgan fingerprint density at radius 2 is 2.17 bits per heavy atom. The van der Waals surface area contributed by atoms with E-state index in [0.29, 0.717) is 13.0 Å². The fourth-order valence-electron chi connectivity index (χ4n) is 2.24. The molecule has 3 rings (SSSR count). The minimum atomic E-state index is 0.259. The summed E-state index contributed by atoms with van der Waals surface area (Å²) in [6.07, 6.45) is 2.43. The van der Waals surface area contributed by atoms with E-state index < -0.39 is 0 Å². The first-order valence-corrected chi connectivity index (χ1v) is 7.07. The molecule has 0 saturated carbocycles. The van der Waals surface area contributed by atoms with Crippen LogP contribution in [0.3, 0.4) is 0 Å². The van der Waals surface area contributed by atoms with Gasteiger partial charge in [0, 0.05) is 18.4 Å². The average Bonchev–Trinajstić information content (AvgIpc) is 3.00. The van der Waals surface area contributed by atoms with Crippen molar-refractivity contribution in [3.63, 3.8) is 0 Å². The van der Waals surface area contributed by atoms with Gasteiger partial charge in [0.1, 0.15) is 5.75 Å². The first-order valence-electron chi connectivity index (χ1n) is 6.13. The Labute approximate surface area is 110 Å². The number of aryl methyl sites for hydroxylation is 1. The van der Waals surface area contributed by atoms with E-state index in [1.807, 2.05) is 18.2 Å². The van der Waals surface area contributed by atoms with Gasteiger partial charge in [0.25, 0.3) is 0 Å². The summed E-state index contributed by atoms with van der Waals surface area (Å²) in [6.45, 7) is 0.684. The molecule has 1 aliphatic rings. The molecule has 92 valence electrons. The summed E-state index contributed by atoms with van der Waals surface area (Å²) in [5, 5.41) is 4.22. The van der Waals surface area contributed by atoms with Crippen LogP contribution in [-0.2, 0) is 12.8 Å². The quantitative estimate of drug-likeness (QED) is 0.839. The van der Waals surface area contributed by atoms with Crippen molar-refractivity contribution in [3.05, 3.63) is 51.7 Å². The van der Waals surface area contributed by atoms with Crippen LogP contribution >= 0.6 is 11.3 Å². The minimum absolute atomic E-state index is 0.259. The molecule has 1 aromatic carbocycles. The highest BCUT2D eigenvalue weighted by molar-refractivity contribution is 7.07. The smallest absolute Gasteiger partial charge is 0.163 e. The van der Waals surface area contributed by atoms with Crippen LogP contribution in [0.2, 0.25) is 0 Å². The second-order valence-corrected chi connectivity index (χ2v) is 5.25. The molecule has 0 N–H and O–H groups in total. The molecule has 18 heavy (non-hydrogen) atoms. The molecule has 2 aromatic rings. The molecule has 2 nitrogen and oxygen atoms in total. The second kappa shape index (κ2) is 4.94. The summed E-state index contributed by atoms with van der Waals surface area (Å²) in [7, 11) is 0. The first kappa shape index (κ1) is 11.5. The molecular formula is C15H14O2S. The van der Waals surface area contributed by atoms with Crippen molar-refractivity contribution in [2.45, 2.75) is 19.3 Å². The summed E-state index contributed by atoms with van der Waals surface area (Å²) in [6, 6.07) is 7.92. The van der Waals surface area contributed by atoms with Crippen molar-refractivity contribution in [1.82, 2.24) is 0 Å². The molecule has 0 bridgehead atoms. The van der Waals surface area contributed by atoms with Crippen molar-refractivity contribution >= 4 is 17.1 Å². The normalized spacial score (nSPS) is 13.7. The van der Waals surface area contributed by atoms with Gasteiger partial charge >= 0.3 is 0 Å². The molecule has 0 saturated heterocycles. The molecule has 1 heterocycles. The van der Waals surface area contributed by atoms with Crippen molar-refractivity contribution in [2.75, 3.05) is 6.61 Å². The number of carbonyl (C=O) groups is 1. The van der Waals surface area contributed by atoms with Crippen LogP contribution in [-0.4, -0.2) is 12.4 Å². The van der Waals surface area contributed by atoms with Crippen LogP contribution < -0.4 is 4.74 Å². The van der Waals surface area contributed by atoms with Gasteiger partial charge in [-0.05, 0) is 52.6 Å². The lowest BCUT2D eigenvalue weighted by atomic mass is 10.1. The monoisotopic (exact) mass is 258 g/mol. The van der Waals surface area contributed by atoms with Crippen LogP contribution in [0.4, 0.5) is 0 Å². The highest BCUT2D eigenvalue weighted by Gasteiger charge is 2.19. The molecular weight excluding hydrogens is 244 g/mol. The number of fused-ring (bicyclic) bond motifs is 1. The van der Waals surface area contributed by atoms with Gasteiger partial charge in [-0.2, -0.15) is 11.3 Å². The van der Waals surface area contributed by atoms with Gasteiger partial charge in [0.2, 0.25) is 0 Å². The standard InChI is InChI=1S/C15H14O2S/c16-15-4-1-12-9-13(2-3-14(12)15)17-7-5-11-6-8-18-10-11/h2-3,6,8-10H,1,4-5,7H2. The third kappa shape index (κ3) is 2.31. The van der Waals surface area contributed by atoms with E-state index >= 15 is 0 Å². The van der Waals surface area contributed by atoms with Crippen molar-refractivity contribution in [2.24, 2.45) is 0 Å². The van der Waals surface area contributed by atoms with Crippen LogP contribution in [0.15, 0.2) is 35.0 Å². The molecule has 0 radical (unpaired) electrons. The van der Waals surface area contributed by atoms with Gasteiger partial charge in [-0.1, -0.05) is 0 Å². The lowest BCUT2D eigenvalue weighted by molar-refractivity contribution is 0.0994. The molecule has 0 aliphatic heterocycles. The van der Waals surface area contributed by atoms with E-state index in [2.05, 4.69) is 16.8 Å². The van der Waals surface area contributed by atoms with Crippen molar-refractivity contribution in [1.29, 1.82) is 0 Å². The number of rotatable bonds is 4. The Morgan fingerprint density at radius 3 is 3.00 bits per heavy atom. The fourth-order valence-corrected chi connectivity index (χ4v) is 2.95. The van der Waals surface area contributed by atoms with E-state index in [-0.39, 0.29) is 5.78 Å². The third-order valence-electron chi connectivity index (χ3n) is 3.24. The number of carbonyl (C=O) groups excluding carboxylic acids is 1. The Balaban J connectivity index is 1.62. The number of hydrogen-bond acceptors (Lipinski definition) is 3. The van der Waals surface area contributed by atoms with Gasteiger partial charge < -0.3 is 4.74 Å². The molecule has 0 unspecified atom stereocenters. The largest absolute Gasteiger partial charge is 0.493 e. The SMILES string of the molecule is O=C1CCc2cc(OCCc3ccsc3)ccc21. The summed E-state index contributed by atoms with van der Waals surface area (Å²) in [5.74, 6) is 1.13. The highest BCUT2D eigenvalue weighted by atomic mass is 32.1. The molecule has 1 aromatic heterocycles. The zero-order valence-corrected chi connectivity index (χ0v) is 10.8. The minimum Gasteiger partial charge on any atom is -0.493 e. The summed E-state index contributed by atoms with van der Waals surface area (Å²) in [5.41, 5.74) is 3.32. The van der Waals surface area contributed by atoms with Crippen molar-refractivity contribution < 1.29 is 9.53 Å². The number of Topliss-reactive ketones (excluding diaryl/α,β-unsaturated/α-hetero) is 1. The van der Waals surface area contributed by atoms with Crippen LogP contribution in [0, 0.1) is 0 Å². The number of ether oxygens (including phenoxy) is 1. The molecule has 1 aliphatic carbocycles. The van der Waals surface area contributed by atoms with Gasteiger partial charge in [-0.3, -0.25) is 4.79 Å². The zero-order chi connectivity index (χ0) is 12.4. The van der Waals surface area contributed by atoms with E-state index in [9.17, 15) is 4.79 Å². The van der Waals surface area contributed by atoms with Crippen LogP contribution in [0.1, 0.15) is 27.9 Å². The Kier molecular flexibility index (Phi) is 3.15. The van der Waals surface area contributed by atoms with Gasteiger partial charge in [-0.25, -0.2) is 0 Å². The fraction of sp³-hybridized carbons (Fsp3) is 0.267. The number of thiophene rings is 1. The average molecular weight is 258 g/mol. The molecule has 0 amide bonds. The number of ketones is 1. The zero-order valence-electron chi connectivity index (χ0n) is 10.0. The molecule has 0 fully saturated rings. The topological polar surface area (TPSA) is 26.3 Å². The molecule has 0 atom stereocenters. The van der Waals surface area contributed by atoms with E-state index in [1.54, 1.807) is 11.3 Å². The lowest BCUT2D eigenvalue weighted by Gasteiger charge is -2.07. The van der Waals surface area contributed by atoms with E-state index in [1.165, 1.54) is 5.56 Å². The number of hydrogen-bond donors (Lipinski definition) is 0. The Bertz CT molecular complexity index is 558. The Hall–Kier alpha value is -1.61. The maximum Gasteiger partial charge on any atom is 0.163 e. The maximum absolute atomic E-state index is 11.5. The summed E-state index contributed by atoms with van der Waals surface area (Å²) in [4.78, 5) is 11.5. The second-order valence-electron chi connectivity index (χ2n) is 4.47. The predicted octanol–water partition coefficient (Wildman–Crippen LogP) is 3.50. The first-order chi connectivity index (χ1) is 8.83. The summed E-state index contributed by atoms with van der Waals surface area (Å²) < 4.78 is 5.73. The van der Waals surface area contributed by atoms with Gasteiger partial charge in [0.15, 0.2) is 5.78 Å². The van der Waals surface area contributed by atoms with Crippen molar-refractivity contribution in [3.8, 4) is 5.75 Å². The lowest BCUT2D eigenvalue weighted by Crippen LogP contribution is -2.01. The van der Waals surface area contributed by atoms with E-state index in [0.717, 1.165) is 29.7 Å². The molecule has 0 spiro atoms. The summed E-state index contributed by atoms with van der Waals surface area (Å²) >= 11 is 1.71. The van der Waals surface area contributed by atoms with Crippen LogP contribution in [0.5, 0.6) is 5.75 Å². The van der Waals surface area contributed by atoms with Gasteiger partial charge in [-0.15, -0.1) is 0 Å². The predicted molar refractivity (Wildman–Crippen MR) is 72.6 cm³/mol. The molecule has 3 heteroatoms. The highest BCUT2D eigenvalue weighted by Crippen LogP contribution is 2.26. The maximum atomic E-state index is 11.5. The number of benzene rings is 1.